The Labute approximate surface area is 178 Å². The van der Waals surface area contributed by atoms with Crippen molar-refractivity contribution in [2.24, 2.45) is 11.8 Å². The van der Waals surface area contributed by atoms with Crippen LogP contribution < -0.4 is 4.74 Å². The fourth-order valence-electron chi connectivity index (χ4n) is 4.15. The Hall–Kier alpha value is -2.57. The van der Waals surface area contributed by atoms with E-state index in [4.69, 9.17) is 9.47 Å². The summed E-state index contributed by atoms with van der Waals surface area (Å²) in [5, 5.41) is 0. The lowest BCUT2D eigenvalue weighted by molar-refractivity contribution is -0.141. The van der Waals surface area contributed by atoms with Gasteiger partial charge in [0.1, 0.15) is 12.4 Å². The number of nitrogens with zero attached hydrogens (tertiary/aromatic N) is 2. The van der Waals surface area contributed by atoms with E-state index in [1.54, 1.807) is 7.11 Å². The first-order valence-corrected chi connectivity index (χ1v) is 10.8. The molecular weight excluding hydrogens is 384 g/mol. The molecule has 0 bridgehead atoms. The smallest absolute Gasteiger partial charge is 0.416 e. The van der Waals surface area contributed by atoms with Gasteiger partial charge in [-0.05, 0) is 49.3 Å². The Bertz CT molecular complexity index is 755. The van der Waals surface area contributed by atoms with Gasteiger partial charge in [0.2, 0.25) is 11.8 Å². The fraction of sp³-hybridized carbons (Fsp3) is 0.609. The lowest BCUT2D eigenvalue weighted by atomic mass is 9.92. The zero-order chi connectivity index (χ0) is 21.7. The normalized spacial score (nSPS) is 20.3. The Morgan fingerprint density at radius 2 is 1.80 bits per heavy atom. The quantitative estimate of drug-likeness (QED) is 0.682. The van der Waals surface area contributed by atoms with Crippen LogP contribution in [0.1, 0.15) is 45.1 Å². The van der Waals surface area contributed by atoms with Crippen molar-refractivity contribution in [2.45, 2.75) is 52.0 Å². The first-order valence-electron chi connectivity index (χ1n) is 10.8. The maximum atomic E-state index is 13.4. The van der Waals surface area contributed by atoms with Crippen molar-refractivity contribution in [3.05, 3.63) is 29.8 Å². The number of rotatable bonds is 7. The average Bonchev–Trinajstić information content (AvgIpc) is 3.15. The number of benzene rings is 1. The number of methoxy groups -OCH3 is 1. The number of ether oxygens (including phenoxy) is 2. The van der Waals surface area contributed by atoms with Gasteiger partial charge in [-0.15, -0.1) is 0 Å². The largest absolute Gasteiger partial charge is 0.497 e. The van der Waals surface area contributed by atoms with Gasteiger partial charge in [-0.3, -0.25) is 9.59 Å². The molecular formula is C23H32N2O5. The van der Waals surface area contributed by atoms with Crippen LogP contribution in [0.15, 0.2) is 24.3 Å². The van der Waals surface area contributed by atoms with Gasteiger partial charge >= 0.3 is 6.09 Å². The van der Waals surface area contributed by atoms with Gasteiger partial charge in [0.15, 0.2) is 0 Å². The molecule has 164 valence electrons. The van der Waals surface area contributed by atoms with Crippen LogP contribution in [0.5, 0.6) is 5.75 Å². The molecule has 3 rings (SSSR count). The summed E-state index contributed by atoms with van der Waals surface area (Å²) in [6.45, 7) is 5.61. The summed E-state index contributed by atoms with van der Waals surface area (Å²) in [5.41, 5.74) is 0.925. The highest BCUT2D eigenvalue weighted by Gasteiger charge is 2.42. The Balaban J connectivity index is 1.80. The van der Waals surface area contributed by atoms with E-state index in [-0.39, 0.29) is 36.8 Å². The average molecular weight is 417 g/mol. The van der Waals surface area contributed by atoms with Gasteiger partial charge < -0.3 is 14.4 Å². The third kappa shape index (κ3) is 5.12. The van der Waals surface area contributed by atoms with Crippen molar-refractivity contribution in [3.8, 4) is 5.75 Å². The number of hydrogen-bond donors (Lipinski definition) is 0. The monoisotopic (exact) mass is 416 g/mol. The third-order valence-electron chi connectivity index (χ3n) is 6.03. The van der Waals surface area contributed by atoms with Gasteiger partial charge in [-0.25, -0.2) is 9.69 Å². The number of piperidine rings is 1. The van der Waals surface area contributed by atoms with Crippen molar-refractivity contribution in [3.63, 3.8) is 0 Å². The molecule has 1 aromatic rings. The number of carbonyl (C=O) groups is 3. The van der Waals surface area contributed by atoms with Gasteiger partial charge in [0.05, 0.1) is 19.1 Å². The molecule has 2 atom stereocenters. The molecule has 0 N–H and O–H groups in total. The number of amides is 3. The van der Waals surface area contributed by atoms with Gasteiger partial charge in [-0.2, -0.15) is 0 Å². The topological polar surface area (TPSA) is 76.2 Å². The van der Waals surface area contributed by atoms with E-state index in [2.05, 4.69) is 0 Å². The summed E-state index contributed by atoms with van der Waals surface area (Å²) < 4.78 is 10.4. The van der Waals surface area contributed by atoms with Crippen LogP contribution in [0.3, 0.4) is 0 Å². The molecule has 7 nitrogen and oxygen atoms in total. The summed E-state index contributed by atoms with van der Waals surface area (Å²) in [5.74, 6) is -0.138. The maximum absolute atomic E-state index is 13.4. The molecule has 0 radical (unpaired) electrons. The number of cyclic esters (lactones) is 1. The van der Waals surface area contributed by atoms with E-state index >= 15 is 0 Å². The molecule has 0 saturated carbocycles. The van der Waals surface area contributed by atoms with Crippen LogP contribution in [0.25, 0.3) is 0 Å². The number of imide groups is 1. The number of carbonyl (C=O) groups excluding carboxylic acids is 3. The van der Waals surface area contributed by atoms with Crippen LogP contribution in [-0.2, 0) is 20.7 Å². The Morgan fingerprint density at radius 1 is 1.13 bits per heavy atom. The van der Waals surface area contributed by atoms with Gasteiger partial charge in [0, 0.05) is 19.5 Å². The summed E-state index contributed by atoms with van der Waals surface area (Å²) >= 11 is 0. The third-order valence-corrected chi connectivity index (χ3v) is 6.03. The summed E-state index contributed by atoms with van der Waals surface area (Å²) in [6.07, 6.45) is 3.00. The molecule has 7 heteroatoms. The molecule has 2 aliphatic heterocycles. The molecule has 0 aromatic heterocycles. The highest BCUT2D eigenvalue weighted by molar-refractivity contribution is 5.96. The van der Waals surface area contributed by atoms with Crippen molar-refractivity contribution >= 4 is 17.9 Å². The zero-order valence-electron chi connectivity index (χ0n) is 18.1. The predicted molar refractivity (Wildman–Crippen MR) is 112 cm³/mol. The standard InChI is InChI=1S/C23H32N2O5/c1-16(2)20-15-30-23(28)25(20)22(27)18(13-17-7-9-19(29-3)10-8-17)14-21(26)24-11-5-4-6-12-24/h7-10,16,18,20H,4-6,11-15H2,1-3H3/t18-,20?/m1/s1. The van der Waals surface area contributed by atoms with Crippen molar-refractivity contribution < 1.29 is 23.9 Å². The van der Waals surface area contributed by atoms with Crippen LogP contribution in [-0.4, -0.2) is 60.6 Å². The first-order chi connectivity index (χ1) is 14.4. The summed E-state index contributed by atoms with van der Waals surface area (Å²) in [4.78, 5) is 41.8. The summed E-state index contributed by atoms with van der Waals surface area (Å²) in [7, 11) is 1.60. The van der Waals surface area contributed by atoms with E-state index in [0.717, 1.165) is 43.7 Å². The molecule has 2 saturated heterocycles. The summed E-state index contributed by atoms with van der Waals surface area (Å²) in [6, 6.07) is 7.17. The Kier molecular flexibility index (Phi) is 7.34. The lowest BCUT2D eigenvalue weighted by Crippen LogP contribution is -2.47. The maximum Gasteiger partial charge on any atom is 0.416 e. The molecule has 1 unspecified atom stereocenters. The van der Waals surface area contributed by atoms with Crippen molar-refractivity contribution in [2.75, 3.05) is 26.8 Å². The number of hydrogen-bond acceptors (Lipinski definition) is 5. The van der Waals surface area contributed by atoms with Crippen LogP contribution in [0.4, 0.5) is 4.79 Å². The Morgan fingerprint density at radius 3 is 2.40 bits per heavy atom. The number of likely N-dealkylation sites (tertiary alicyclic amines) is 1. The van der Waals surface area contributed by atoms with Crippen LogP contribution >= 0.6 is 0 Å². The molecule has 30 heavy (non-hydrogen) atoms. The van der Waals surface area contributed by atoms with E-state index in [1.807, 2.05) is 43.0 Å². The van der Waals surface area contributed by atoms with Crippen LogP contribution in [0.2, 0.25) is 0 Å². The van der Waals surface area contributed by atoms with E-state index < -0.39 is 12.0 Å². The van der Waals surface area contributed by atoms with E-state index in [9.17, 15) is 14.4 Å². The highest BCUT2D eigenvalue weighted by Crippen LogP contribution is 2.26. The van der Waals surface area contributed by atoms with Crippen LogP contribution in [0, 0.1) is 11.8 Å². The fourth-order valence-corrected chi connectivity index (χ4v) is 4.15. The van der Waals surface area contributed by atoms with Gasteiger partial charge in [-0.1, -0.05) is 26.0 Å². The molecule has 2 heterocycles. The lowest BCUT2D eigenvalue weighted by Gasteiger charge is -2.30. The van der Waals surface area contributed by atoms with Crippen molar-refractivity contribution in [1.82, 2.24) is 9.80 Å². The minimum atomic E-state index is -0.611. The zero-order valence-corrected chi connectivity index (χ0v) is 18.1. The first kappa shape index (κ1) is 22.1. The molecule has 2 fully saturated rings. The predicted octanol–water partition coefficient (Wildman–Crippen LogP) is 3.26. The highest BCUT2D eigenvalue weighted by atomic mass is 16.6. The van der Waals surface area contributed by atoms with E-state index in [0.29, 0.717) is 6.42 Å². The molecule has 2 aliphatic rings. The SMILES string of the molecule is COc1ccc(C[C@H](CC(=O)N2CCCCC2)C(=O)N2C(=O)OCC2C(C)C)cc1. The minimum absolute atomic E-state index is 0.0183. The second-order valence-corrected chi connectivity index (χ2v) is 8.49. The van der Waals surface area contributed by atoms with Crippen molar-refractivity contribution in [1.29, 1.82) is 0 Å². The molecule has 1 aromatic carbocycles. The minimum Gasteiger partial charge on any atom is -0.497 e. The molecule has 0 aliphatic carbocycles. The van der Waals surface area contributed by atoms with Gasteiger partial charge in [0.25, 0.3) is 0 Å². The second kappa shape index (κ2) is 9.96. The molecule has 0 spiro atoms. The second-order valence-electron chi connectivity index (χ2n) is 8.49. The molecule has 3 amide bonds. The van der Waals surface area contributed by atoms with E-state index in [1.165, 1.54) is 4.90 Å².